The molecule has 0 fully saturated rings. The summed E-state index contributed by atoms with van der Waals surface area (Å²) in [6.07, 6.45) is 0. The van der Waals surface area contributed by atoms with Crippen LogP contribution in [0, 0.1) is 0 Å². The first-order chi connectivity index (χ1) is 2.00. The molecule has 3 N–H and O–H groups in total. The van der Waals surface area contributed by atoms with Gasteiger partial charge in [-0.3, -0.25) is 0 Å². The van der Waals surface area contributed by atoms with Crippen molar-refractivity contribution in [2.75, 3.05) is 0 Å². The van der Waals surface area contributed by atoms with Gasteiger partial charge in [0.1, 0.15) is 0 Å². The van der Waals surface area contributed by atoms with E-state index < -0.39 is 7.82 Å². The van der Waals surface area contributed by atoms with Crippen molar-refractivity contribution >= 4 is 53.3 Å². The molecule has 0 saturated carbocycles. The van der Waals surface area contributed by atoms with E-state index in [-0.39, 0.29) is 57.9 Å². The summed E-state index contributed by atoms with van der Waals surface area (Å²) in [5.74, 6) is 0. The van der Waals surface area contributed by atoms with Gasteiger partial charge in [0.25, 0.3) is 0 Å². The molecule has 0 aliphatic rings. The first-order valence-corrected chi connectivity index (χ1v) is 2.35. The van der Waals surface area contributed by atoms with Gasteiger partial charge in [-0.2, -0.15) is 0 Å². The van der Waals surface area contributed by atoms with Crippen molar-refractivity contribution in [3.8, 4) is 0 Å². The van der Waals surface area contributed by atoms with Crippen LogP contribution in [0.5, 0.6) is 0 Å². The topological polar surface area (TPSA) is 77.8 Å². The van der Waals surface area contributed by atoms with E-state index in [0.717, 1.165) is 0 Å². The van der Waals surface area contributed by atoms with Crippen molar-refractivity contribution in [1.29, 1.82) is 0 Å². The molecule has 0 aromatic heterocycles. The maximum absolute atomic E-state index is 8.88. The summed E-state index contributed by atoms with van der Waals surface area (Å²) >= 11 is 0. The molecule has 0 radical (unpaired) electrons. The summed E-state index contributed by atoms with van der Waals surface area (Å²) in [5, 5.41) is 0. The second-order valence-corrected chi connectivity index (χ2v) is 1.54. The average molecular weight is 221 g/mol. The summed E-state index contributed by atoms with van der Waals surface area (Å²) in [4.78, 5) is 21.6. The average Bonchev–Trinajstić information content (AvgIpc) is 0.722. The minimum Gasteiger partial charge on any atom is -1.00 e. The van der Waals surface area contributed by atoms with E-state index in [1.807, 2.05) is 0 Å². The van der Waals surface area contributed by atoms with Crippen LogP contribution in [0.2, 0.25) is 0 Å². The molecule has 0 unspecified atom stereocenters. The number of phosphoric acid groups is 1. The van der Waals surface area contributed by atoms with Gasteiger partial charge in [-0.1, -0.05) is 0 Å². The molecule has 0 aromatic rings. The number of rotatable bonds is 0. The van der Waals surface area contributed by atoms with Crippen LogP contribution in [0.15, 0.2) is 0 Å². The van der Waals surface area contributed by atoms with Crippen LogP contribution in [-0.4, -0.2) is 60.2 Å². The molecule has 0 amide bonds. The van der Waals surface area contributed by atoms with Gasteiger partial charge in [-0.15, -0.1) is 0 Å². The van der Waals surface area contributed by atoms with Crippen LogP contribution in [0.1, 0.15) is 0 Å². The molecule has 0 aliphatic heterocycles. The molecular weight excluding hydrogens is 218 g/mol. The van der Waals surface area contributed by atoms with Gasteiger partial charge >= 0.3 is 53.3 Å². The predicted molar refractivity (Wildman–Crippen MR) is 20.0 cm³/mol. The van der Waals surface area contributed by atoms with Crippen molar-refractivity contribution in [3.05, 3.63) is 0 Å². The van der Waals surface area contributed by atoms with Gasteiger partial charge in [0, 0.05) is 0 Å². The fourth-order valence-electron chi connectivity index (χ4n) is 0. The minimum atomic E-state index is -4.64. The van der Waals surface area contributed by atoms with Gasteiger partial charge in [0.05, 0.1) is 0 Å². The maximum atomic E-state index is 8.88. The third kappa shape index (κ3) is 77.1. The molecule has 0 atom stereocenters. The van der Waals surface area contributed by atoms with Gasteiger partial charge in [-0.25, -0.2) is 4.57 Å². The van der Waals surface area contributed by atoms with E-state index in [4.69, 9.17) is 19.2 Å². The zero-order chi connectivity index (χ0) is 4.50. The summed E-state index contributed by atoms with van der Waals surface area (Å²) in [6, 6.07) is 0. The van der Waals surface area contributed by atoms with Crippen molar-refractivity contribution < 1.29 is 31.7 Å². The Hall–Kier alpha value is 1.88. The maximum Gasteiger partial charge on any atom is 2.00 e. The van der Waals surface area contributed by atoms with E-state index >= 15 is 0 Å². The largest absolute Gasteiger partial charge is 2.00 e. The summed E-state index contributed by atoms with van der Waals surface area (Å²) in [5.41, 5.74) is 0. The van der Waals surface area contributed by atoms with Crippen molar-refractivity contribution in [3.63, 3.8) is 0 Å². The molecule has 40 valence electrons. The fraction of sp³-hybridized carbons (Fsp3) is 0. The third-order valence-corrected chi connectivity index (χ3v) is 0. The van der Waals surface area contributed by atoms with Gasteiger partial charge in [0.2, 0.25) is 0 Å². The summed E-state index contributed by atoms with van der Waals surface area (Å²) in [7, 11) is -4.64. The minimum absolute atomic E-state index is 0. The first kappa shape index (κ1) is 15.9. The molecule has 0 spiro atoms. The molecule has 0 rings (SSSR count). The van der Waals surface area contributed by atoms with Crippen LogP contribution < -0.4 is 12.4 Å². The Labute approximate surface area is 83.8 Å². The van der Waals surface area contributed by atoms with Crippen LogP contribution in [0.4, 0.5) is 0 Å². The SMILES string of the molecule is O=P(O)(O)O.[Cl-].[Sr+2]. The molecule has 0 aromatic carbocycles. The molecule has 0 heterocycles. The van der Waals surface area contributed by atoms with Gasteiger partial charge in [0.15, 0.2) is 0 Å². The van der Waals surface area contributed by atoms with Crippen LogP contribution in [0.25, 0.3) is 0 Å². The van der Waals surface area contributed by atoms with Gasteiger partial charge < -0.3 is 27.1 Å². The Balaban J connectivity index is -0.0000000800. The second-order valence-electron chi connectivity index (χ2n) is 0.513. The molecular formula is H3ClO4PSr+. The van der Waals surface area contributed by atoms with E-state index in [0.29, 0.717) is 0 Å². The van der Waals surface area contributed by atoms with E-state index in [1.165, 1.54) is 0 Å². The molecule has 0 saturated heterocycles. The van der Waals surface area contributed by atoms with Crippen LogP contribution >= 0.6 is 7.82 Å². The van der Waals surface area contributed by atoms with E-state index in [1.54, 1.807) is 0 Å². The Morgan fingerprint density at radius 3 is 1.14 bits per heavy atom. The molecule has 0 aliphatic carbocycles. The second kappa shape index (κ2) is 6.01. The standard InChI is InChI=1S/ClH.H3O4P.Sr/c;1-5(2,3)4;/h1H;(H3,1,2,3,4);/q;;+2/p-1. The number of hydrogen-bond donors (Lipinski definition) is 3. The van der Waals surface area contributed by atoms with Crippen molar-refractivity contribution in [2.45, 2.75) is 0 Å². The Bertz CT molecular complexity index is 57.8. The van der Waals surface area contributed by atoms with E-state index in [2.05, 4.69) is 0 Å². The summed E-state index contributed by atoms with van der Waals surface area (Å²) < 4.78 is 8.88. The molecule has 0 bridgehead atoms. The molecule has 4 nitrogen and oxygen atoms in total. The normalized spacial score (nSPS) is 8.43. The quantitative estimate of drug-likeness (QED) is 0.285. The van der Waals surface area contributed by atoms with E-state index in [9.17, 15) is 0 Å². The fourth-order valence-corrected chi connectivity index (χ4v) is 0. The van der Waals surface area contributed by atoms with Gasteiger partial charge in [-0.05, 0) is 0 Å². The molecule has 7 heavy (non-hydrogen) atoms. The summed E-state index contributed by atoms with van der Waals surface area (Å²) in [6.45, 7) is 0. The smallest absolute Gasteiger partial charge is 1.00 e. The number of hydrogen-bond acceptors (Lipinski definition) is 1. The number of halogens is 1. The zero-order valence-electron chi connectivity index (χ0n) is 3.28. The zero-order valence-corrected chi connectivity index (χ0v) is 8.41. The first-order valence-electron chi connectivity index (χ1n) is 0.783. The predicted octanol–water partition coefficient (Wildman–Crippen LogP) is -4.31. The van der Waals surface area contributed by atoms with Crippen molar-refractivity contribution in [2.24, 2.45) is 0 Å². The Kier molecular flexibility index (Phi) is 13.7. The monoisotopic (exact) mass is 221 g/mol. The van der Waals surface area contributed by atoms with Crippen LogP contribution in [-0.2, 0) is 4.57 Å². The Morgan fingerprint density at radius 1 is 1.14 bits per heavy atom. The third-order valence-electron chi connectivity index (χ3n) is 0. The Morgan fingerprint density at radius 2 is 1.14 bits per heavy atom. The molecule has 7 heteroatoms. The van der Waals surface area contributed by atoms with Crippen LogP contribution in [0.3, 0.4) is 0 Å². The van der Waals surface area contributed by atoms with Crippen molar-refractivity contribution in [1.82, 2.24) is 0 Å².